The fraction of sp³-hybridized carbons (Fsp3) is 0.467. The molecule has 2 heteroatoms. The number of benzene rings is 1. The van der Waals surface area contributed by atoms with Crippen molar-refractivity contribution in [1.29, 1.82) is 0 Å². The van der Waals surface area contributed by atoms with Crippen molar-refractivity contribution in [3.05, 3.63) is 42.0 Å². The first-order valence-corrected chi connectivity index (χ1v) is 6.28. The highest BCUT2D eigenvalue weighted by Gasteiger charge is 2.27. The van der Waals surface area contributed by atoms with Crippen LogP contribution in [-0.2, 0) is 0 Å². The normalized spacial score (nSPS) is 20.2. The van der Waals surface area contributed by atoms with Crippen molar-refractivity contribution in [3.8, 4) is 5.75 Å². The fourth-order valence-corrected chi connectivity index (χ4v) is 2.35. The van der Waals surface area contributed by atoms with Gasteiger partial charge >= 0.3 is 0 Å². The SMILES string of the molecule is C=C(CC)CC(O)C1CCOc2ccccc21. The van der Waals surface area contributed by atoms with Gasteiger partial charge in [-0.3, -0.25) is 0 Å². The van der Waals surface area contributed by atoms with Crippen LogP contribution >= 0.6 is 0 Å². The van der Waals surface area contributed by atoms with Crippen LogP contribution in [0, 0.1) is 0 Å². The van der Waals surface area contributed by atoms with E-state index in [0.29, 0.717) is 13.0 Å². The summed E-state index contributed by atoms with van der Waals surface area (Å²) in [5.74, 6) is 1.10. The van der Waals surface area contributed by atoms with Crippen LogP contribution in [0.15, 0.2) is 36.4 Å². The number of hydrogen-bond donors (Lipinski definition) is 1. The molecule has 0 saturated heterocycles. The Morgan fingerprint density at radius 2 is 2.29 bits per heavy atom. The van der Waals surface area contributed by atoms with Crippen LogP contribution in [0.25, 0.3) is 0 Å². The molecule has 1 aromatic rings. The molecule has 2 unspecified atom stereocenters. The quantitative estimate of drug-likeness (QED) is 0.807. The maximum absolute atomic E-state index is 10.3. The third kappa shape index (κ3) is 2.70. The minimum absolute atomic E-state index is 0.184. The summed E-state index contributed by atoms with van der Waals surface area (Å²) in [6.45, 7) is 6.74. The third-order valence-corrected chi connectivity index (χ3v) is 3.47. The molecule has 0 bridgehead atoms. The lowest BCUT2D eigenvalue weighted by atomic mass is 9.85. The summed E-state index contributed by atoms with van der Waals surface area (Å²) in [4.78, 5) is 0. The minimum Gasteiger partial charge on any atom is -0.493 e. The van der Waals surface area contributed by atoms with Gasteiger partial charge in [-0.05, 0) is 30.9 Å². The van der Waals surface area contributed by atoms with Gasteiger partial charge in [0.2, 0.25) is 0 Å². The van der Waals surface area contributed by atoms with E-state index in [9.17, 15) is 5.11 Å². The molecule has 17 heavy (non-hydrogen) atoms. The highest BCUT2D eigenvalue weighted by molar-refractivity contribution is 5.38. The van der Waals surface area contributed by atoms with E-state index in [1.165, 1.54) is 0 Å². The highest BCUT2D eigenvalue weighted by atomic mass is 16.5. The zero-order valence-corrected chi connectivity index (χ0v) is 10.4. The van der Waals surface area contributed by atoms with E-state index in [4.69, 9.17) is 4.74 Å². The van der Waals surface area contributed by atoms with Gasteiger partial charge in [0.15, 0.2) is 0 Å². The Morgan fingerprint density at radius 1 is 1.53 bits per heavy atom. The summed E-state index contributed by atoms with van der Waals surface area (Å²) in [6.07, 6.45) is 2.17. The number of fused-ring (bicyclic) bond motifs is 1. The molecule has 2 nitrogen and oxygen atoms in total. The average Bonchev–Trinajstić information content (AvgIpc) is 2.37. The molecule has 0 aliphatic carbocycles. The van der Waals surface area contributed by atoms with Crippen molar-refractivity contribution in [2.24, 2.45) is 0 Å². The monoisotopic (exact) mass is 232 g/mol. The Hall–Kier alpha value is -1.28. The average molecular weight is 232 g/mol. The Morgan fingerprint density at radius 3 is 3.06 bits per heavy atom. The first kappa shape index (κ1) is 12.2. The number of aliphatic hydroxyl groups excluding tert-OH is 1. The lowest BCUT2D eigenvalue weighted by Gasteiger charge is -2.29. The zero-order chi connectivity index (χ0) is 12.3. The van der Waals surface area contributed by atoms with Gasteiger partial charge in [-0.15, -0.1) is 0 Å². The van der Waals surface area contributed by atoms with Gasteiger partial charge in [0.25, 0.3) is 0 Å². The number of ether oxygens (including phenoxy) is 1. The van der Waals surface area contributed by atoms with E-state index in [1.807, 2.05) is 18.2 Å². The molecule has 1 aromatic carbocycles. The molecular formula is C15H20O2. The molecule has 1 N–H and O–H groups in total. The summed E-state index contributed by atoms with van der Waals surface area (Å²) in [5.41, 5.74) is 2.25. The molecule has 0 radical (unpaired) electrons. The smallest absolute Gasteiger partial charge is 0.122 e. The maximum atomic E-state index is 10.3. The number of aliphatic hydroxyl groups is 1. The van der Waals surface area contributed by atoms with Gasteiger partial charge in [0.1, 0.15) is 5.75 Å². The molecule has 0 amide bonds. The molecular weight excluding hydrogens is 212 g/mol. The summed E-state index contributed by atoms with van der Waals surface area (Å²) in [7, 11) is 0. The van der Waals surface area contributed by atoms with Gasteiger partial charge in [-0.1, -0.05) is 37.3 Å². The van der Waals surface area contributed by atoms with E-state index in [1.54, 1.807) is 0 Å². The lowest BCUT2D eigenvalue weighted by molar-refractivity contribution is 0.116. The van der Waals surface area contributed by atoms with E-state index in [0.717, 1.165) is 29.7 Å². The van der Waals surface area contributed by atoms with Crippen LogP contribution in [0.4, 0.5) is 0 Å². The lowest BCUT2D eigenvalue weighted by Crippen LogP contribution is -2.25. The number of para-hydroxylation sites is 1. The molecule has 0 saturated carbocycles. The third-order valence-electron chi connectivity index (χ3n) is 3.47. The molecule has 2 atom stereocenters. The van der Waals surface area contributed by atoms with E-state index < -0.39 is 0 Å². The van der Waals surface area contributed by atoms with Crippen LogP contribution in [0.3, 0.4) is 0 Å². The van der Waals surface area contributed by atoms with Crippen molar-refractivity contribution in [3.63, 3.8) is 0 Å². The second-order valence-electron chi connectivity index (χ2n) is 4.66. The van der Waals surface area contributed by atoms with E-state index in [-0.39, 0.29) is 12.0 Å². The van der Waals surface area contributed by atoms with Crippen molar-refractivity contribution >= 4 is 0 Å². The largest absolute Gasteiger partial charge is 0.493 e. The minimum atomic E-state index is -0.340. The first-order chi connectivity index (χ1) is 8.22. The molecule has 0 aromatic heterocycles. The molecule has 1 aliphatic rings. The van der Waals surface area contributed by atoms with Gasteiger partial charge in [-0.2, -0.15) is 0 Å². The zero-order valence-electron chi connectivity index (χ0n) is 10.4. The van der Waals surface area contributed by atoms with Crippen LogP contribution < -0.4 is 4.74 Å². The van der Waals surface area contributed by atoms with E-state index in [2.05, 4.69) is 19.6 Å². The highest BCUT2D eigenvalue weighted by Crippen LogP contribution is 2.37. The Kier molecular flexibility index (Phi) is 3.85. The summed E-state index contributed by atoms with van der Waals surface area (Å²) >= 11 is 0. The summed E-state index contributed by atoms with van der Waals surface area (Å²) in [6, 6.07) is 8.00. The van der Waals surface area contributed by atoms with Crippen LogP contribution in [0.5, 0.6) is 5.75 Å². The fourth-order valence-electron chi connectivity index (χ4n) is 2.35. The standard InChI is InChI=1S/C15H20O2/c1-3-11(2)10-14(16)12-8-9-17-15-7-5-4-6-13(12)15/h4-7,12,14,16H,2-3,8-10H2,1H3. The van der Waals surface area contributed by atoms with Crippen molar-refractivity contribution < 1.29 is 9.84 Å². The Labute approximate surface area is 103 Å². The Balaban J connectivity index is 2.15. The van der Waals surface area contributed by atoms with Crippen molar-refractivity contribution in [1.82, 2.24) is 0 Å². The summed E-state index contributed by atoms with van der Waals surface area (Å²) < 4.78 is 5.60. The van der Waals surface area contributed by atoms with Gasteiger partial charge in [-0.25, -0.2) is 0 Å². The van der Waals surface area contributed by atoms with E-state index >= 15 is 0 Å². The molecule has 0 fully saturated rings. The molecule has 2 rings (SSSR count). The predicted molar refractivity (Wildman–Crippen MR) is 69.3 cm³/mol. The number of hydrogen-bond acceptors (Lipinski definition) is 2. The first-order valence-electron chi connectivity index (χ1n) is 6.28. The molecule has 92 valence electrons. The molecule has 1 heterocycles. The van der Waals surface area contributed by atoms with Gasteiger partial charge in [0, 0.05) is 5.92 Å². The number of rotatable bonds is 4. The second kappa shape index (κ2) is 5.37. The topological polar surface area (TPSA) is 29.5 Å². The Bertz CT molecular complexity index is 398. The summed E-state index contributed by atoms with van der Waals surface area (Å²) in [5, 5.41) is 10.3. The maximum Gasteiger partial charge on any atom is 0.122 e. The van der Waals surface area contributed by atoms with Crippen molar-refractivity contribution in [2.45, 2.75) is 38.2 Å². The molecule has 1 aliphatic heterocycles. The van der Waals surface area contributed by atoms with Gasteiger partial charge < -0.3 is 9.84 Å². The molecule has 0 spiro atoms. The van der Waals surface area contributed by atoms with Crippen LogP contribution in [0.2, 0.25) is 0 Å². The van der Waals surface area contributed by atoms with Crippen LogP contribution in [-0.4, -0.2) is 17.8 Å². The second-order valence-corrected chi connectivity index (χ2v) is 4.66. The predicted octanol–water partition coefficient (Wildman–Crippen LogP) is 3.27. The van der Waals surface area contributed by atoms with Gasteiger partial charge in [0.05, 0.1) is 12.7 Å². The van der Waals surface area contributed by atoms with Crippen molar-refractivity contribution in [2.75, 3.05) is 6.61 Å². The van der Waals surface area contributed by atoms with Crippen LogP contribution in [0.1, 0.15) is 37.7 Å².